The molecule has 1 saturated heterocycles. The van der Waals surface area contributed by atoms with Crippen molar-refractivity contribution in [3.63, 3.8) is 0 Å². The summed E-state index contributed by atoms with van der Waals surface area (Å²) in [6.07, 6.45) is 0. The molecule has 17 heavy (non-hydrogen) atoms. The second-order valence-corrected chi connectivity index (χ2v) is 4.93. The van der Waals surface area contributed by atoms with Crippen molar-refractivity contribution in [2.45, 2.75) is 6.92 Å². The average molecular weight is 281 g/mol. The Bertz CT molecular complexity index is 242. The summed E-state index contributed by atoms with van der Waals surface area (Å²) < 4.78 is 26.9. The molecule has 0 unspecified atom stereocenters. The van der Waals surface area contributed by atoms with Gasteiger partial charge in [-0.1, -0.05) is 0 Å². The minimum atomic E-state index is -3.66. The van der Waals surface area contributed by atoms with Crippen molar-refractivity contribution in [1.82, 2.24) is 10.2 Å². The molecule has 0 aliphatic carbocycles. The van der Waals surface area contributed by atoms with Crippen molar-refractivity contribution in [2.75, 3.05) is 45.1 Å². The van der Waals surface area contributed by atoms with E-state index >= 15 is 0 Å². The summed E-state index contributed by atoms with van der Waals surface area (Å²) >= 11 is 0. The summed E-state index contributed by atoms with van der Waals surface area (Å²) in [5, 5.41) is 11.8. The first-order valence-corrected chi connectivity index (χ1v) is 6.59. The normalized spacial score (nSPS) is 15.9. The minimum Gasteiger partial charge on any atom is -0.412 e. The third-order valence-corrected chi connectivity index (χ3v) is 2.72. The molecule has 1 aliphatic heterocycles. The molecule has 0 aromatic carbocycles. The van der Waals surface area contributed by atoms with Gasteiger partial charge in [0.1, 0.15) is 0 Å². The van der Waals surface area contributed by atoms with Crippen LogP contribution in [0, 0.1) is 0 Å². The summed E-state index contributed by atoms with van der Waals surface area (Å²) in [6, 6.07) is 0. The fourth-order valence-electron chi connectivity index (χ4n) is 1.08. The molecule has 0 aromatic rings. The zero-order valence-electron chi connectivity index (χ0n) is 10.5. The van der Waals surface area contributed by atoms with Crippen molar-refractivity contribution in [1.29, 1.82) is 0 Å². The van der Waals surface area contributed by atoms with E-state index < -0.39 is 10.1 Å². The Morgan fingerprint density at radius 1 is 1.29 bits per heavy atom. The standard InChI is InChI=1S/C6H14N2O.C2H6O3S.Na.H2O/c9-6-5-8-3-1-7-2-4-8;1-2-6(3,4)5;;/h7,9H,1-6H2;2H2,1H3,(H,3,4,5);;1H2. The average Bonchev–Trinajstić information content (AvgIpc) is 2.20. The minimum absolute atomic E-state index is 0. The Kier molecular flexibility index (Phi) is 17.8. The van der Waals surface area contributed by atoms with Crippen molar-refractivity contribution in [2.24, 2.45) is 0 Å². The van der Waals surface area contributed by atoms with E-state index in [0.29, 0.717) is 6.61 Å². The fraction of sp³-hybridized carbons (Fsp3) is 1.00. The van der Waals surface area contributed by atoms with E-state index in [1.807, 2.05) is 0 Å². The number of aliphatic hydroxyl groups is 1. The van der Waals surface area contributed by atoms with Gasteiger partial charge in [0.05, 0.1) is 12.4 Å². The molecule has 1 fully saturated rings. The number of β-amino-alcohol motifs (C(OH)–C–C–N with tert-alkyl or cyclic N) is 1. The number of rotatable bonds is 3. The molecule has 0 atom stereocenters. The van der Waals surface area contributed by atoms with Gasteiger partial charge in [-0.3, -0.25) is 9.45 Å². The Morgan fingerprint density at radius 2 is 1.71 bits per heavy atom. The molecule has 0 amide bonds. The molecule has 0 spiro atoms. The van der Waals surface area contributed by atoms with Crippen LogP contribution in [-0.4, -0.2) is 103 Å². The molecule has 7 nitrogen and oxygen atoms in total. The van der Waals surface area contributed by atoms with Crippen LogP contribution in [0.4, 0.5) is 0 Å². The van der Waals surface area contributed by atoms with Gasteiger partial charge >= 0.3 is 0 Å². The van der Waals surface area contributed by atoms with Gasteiger partial charge in [0, 0.05) is 62.3 Å². The number of piperazine rings is 1. The predicted molar refractivity (Wildman–Crippen MR) is 67.9 cm³/mol. The summed E-state index contributed by atoms with van der Waals surface area (Å²) in [5.41, 5.74) is 0. The van der Waals surface area contributed by atoms with Gasteiger partial charge in [0.15, 0.2) is 0 Å². The topological polar surface area (TPSA) is 121 Å². The molecule has 9 heteroatoms. The van der Waals surface area contributed by atoms with Crippen molar-refractivity contribution < 1.29 is 23.6 Å². The van der Waals surface area contributed by atoms with Gasteiger partial charge in [-0.2, -0.15) is 8.42 Å². The first kappa shape index (κ1) is 22.9. The van der Waals surface area contributed by atoms with E-state index in [1.54, 1.807) is 0 Å². The molecular formula is C8H22N2NaO5S. The Balaban J connectivity index is -0.000000221. The summed E-state index contributed by atoms with van der Waals surface area (Å²) in [5.74, 6) is -0.201. The molecule has 5 N–H and O–H groups in total. The maximum absolute atomic E-state index is 9.56. The van der Waals surface area contributed by atoms with Gasteiger partial charge in [-0.15, -0.1) is 0 Å². The molecule has 101 valence electrons. The molecule has 1 heterocycles. The third kappa shape index (κ3) is 16.8. The quantitative estimate of drug-likeness (QED) is 0.391. The maximum Gasteiger partial charge on any atom is 0.264 e. The summed E-state index contributed by atoms with van der Waals surface area (Å²) in [7, 11) is -3.66. The van der Waals surface area contributed by atoms with Crippen LogP contribution >= 0.6 is 0 Å². The van der Waals surface area contributed by atoms with Gasteiger partial charge in [-0.25, -0.2) is 0 Å². The SMILES string of the molecule is CCS(=O)(=O)O.O.OCCN1CCNCC1.[Na]. The zero-order valence-corrected chi connectivity index (χ0v) is 13.3. The van der Waals surface area contributed by atoms with Crippen LogP contribution in [0.1, 0.15) is 6.92 Å². The predicted octanol–water partition coefficient (Wildman–Crippen LogP) is -2.43. The number of hydrogen-bond acceptors (Lipinski definition) is 5. The van der Waals surface area contributed by atoms with Crippen molar-refractivity contribution >= 4 is 39.7 Å². The van der Waals surface area contributed by atoms with Crippen LogP contribution in [0.5, 0.6) is 0 Å². The first-order valence-electron chi connectivity index (χ1n) is 4.98. The fourth-order valence-corrected chi connectivity index (χ4v) is 1.08. The zero-order chi connectivity index (χ0) is 11.7. The smallest absolute Gasteiger partial charge is 0.264 e. The van der Waals surface area contributed by atoms with Gasteiger partial charge < -0.3 is 15.9 Å². The van der Waals surface area contributed by atoms with E-state index in [-0.39, 0.29) is 40.8 Å². The van der Waals surface area contributed by atoms with E-state index in [1.165, 1.54) is 6.92 Å². The van der Waals surface area contributed by atoms with E-state index in [0.717, 1.165) is 32.7 Å². The van der Waals surface area contributed by atoms with Gasteiger partial charge in [0.2, 0.25) is 0 Å². The van der Waals surface area contributed by atoms with Crippen molar-refractivity contribution in [3.8, 4) is 0 Å². The molecule has 0 bridgehead atoms. The maximum atomic E-state index is 9.56. The van der Waals surface area contributed by atoms with Crippen LogP contribution in [0.25, 0.3) is 0 Å². The first-order chi connectivity index (χ1) is 6.99. The molecule has 1 rings (SSSR count). The monoisotopic (exact) mass is 281 g/mol. The molecule has 0 saturated carbocycles. The summed E-state index contributed by atoms with van der Waals surface area (Å²) in [6.45, 7) is 6.80. The molecule has 1 aliphatic rings. The Hall–Kier alpha value is 0.750. The Morgan fingerprint density at radius 3 is 2.00 bits per heavy atom. The second kappa shape index (κ2) is 13.2. The molecule has 0 aromatic heterocycles. The largest absolute Gasteiger partial charge is 0.412 e. The number of nitrogens with one attached hydrogen (secondary N) is 1. The number of hydrogen-bond donors (Lipinski definition) is 3. The number of nitrogens with zero attached hydrogens (tertiary/aromatic N) is 1. The van der Waals surface area contributed by atoms with Gasteiger partial charge in [0.25, 0.3) is 10.1 Å². The molecule has 1 radical (unpaired) electrons. The van der Waals surface area contributed by atoms with Crippen molar-refractivity contribution in [3.05, 3.63) is 0 Å². The summed E-state index contributed by atoms with van der Waals surface area (Å²) in [4.78, 5) is 2.26. The third-order valence-electron chi connectivity index (χ3n) is 1.99. The van der Waals surface area contributed by atoms with Crippen LogP contribution in [-0.2, 0) is 10.1 Å². The van der Waals surface area contributed by atoms with E-state index in [2.05, 4.69) is 10.2 Å². The molecular weight excluding hydrogens is 259 g/mol. The van der Waals surface area contributed by atoms with Crippen LogP contribution in [0.15, 0.2) is 0 Å². The second-order valence-electron chi connectivity index (χ2n) is 3.19. The number of aliphatic hydroxyl groups excluding tert-OH is 1. The van der Waals surface area contributed by atoms with Crippen LogP contribution in [0.2, 0.25) is 0 Å². The van der Waals surface area contributed by atoms with Crippen LogP contribution < -0.4 is 5.32 Å². The van der Waals surface area contributed by atoms with Gasteiger partial charge in [-0.05, 0) is 6.92 Å². The van der Waals surface area contributed by atoms with E-state index in [9.17, 15) is 8.42 Å². The van der Waals surface area contributed by atoms with Crippen LogP contribution in [0.3, 0.4) is 0 Å². The van der Waals surface area contributed by atoms with E-state index in [4.69, 9.17) is 9.66 Å². The Labute approximate surface area is 125 Å².